The van der Waals surface area contributed by atoms with Crippen LogP contribution in [0.25, 0.3) is 16.9 Å². The molecular weight excluding hydrogens is 422 g/mol. The van der Waals surface area contributed by atoms with Gasteiger partial charge in [-0.2, -0.15) is 5.10 Å². The van der Waals surface area contributed by atoms with Crippen LogP contribution < -0.4 is 10.2 Å². The van der Waals surface area contributed by atoms with Crippen molar-refractivity contribution in [3.05, 3.63) is 96.2 Å². The van der Waals surface area contributed by atoms with E-state index in [-0.39, 0.29) is 5.91 Å². The lowest BCUT2D eigenvalue weighted by Gasteiger charge is -2.35. The molecule has 0 radical (unpaired) electrons. The molecule has 1 fully saturated rings. The zero-order chi connectivity index (χ0) is 23.5. The van der Waals surface area contributed by atoms with Gasteiger partial charge in [0.25, 0.3) is 5.91 Å². The summed E-state index contributed by atoms with van der Waals surface area (Å²) >= 11 is 0. The van der Waals surface area contributed by atoms with Gasteiger partial charge >= 0.3 is 0 Å². The van der Waals surface area contributed by atoms with Crippen LogP contribution in [0.3, 0.4) is 0 Å². The van der Waals surface area contributed by atoms with Gasteiger partial charge in [-0.1, -0.05) is 54.6 Å². The van der Waals surface area contributed by atoms with E-state index in [2.05, 4.69) is 28.2 Å². The lowest BCUT2D eigenvalue weighted by molar-refractivity contribution is 0.102. The highest BCUT2D eigenvalue weighted by atomic mass is 16.1. The van der Waals surface area contributed by atoms with Crippen LogP contribution in [0.5, 0.6) is 0 Å². The number of rotatable bonds is 5. The van der Waals surface area contributed by atoms with Gasteiger partial charge in [-0.3, -0.25) is 4.79 Å². The average molecular weight is 452 g/mol. The van der Waals surface area contributed by atoms with Crippen molar-refractivity contribution in [2.24, 2.45) is 0 Å². The van der Waals surface area contributed by atoms with Gasteiger partial charge in [-0.25, -0.2) is 4.68 Å². The Morgan fingerprint density at radius 2 is 1.53 bits per heavy atom. The number of anilines is 2. The van der Waals surface area contributed by atoms with Gasteiger partial charge in [0.1, 0.15) is 5.69 Å². The normalized spacial score (nSPS) is 14.2. The van der Waals surface area contributed by atoms with Crippen LogP contribution >= 0.6 is 0 Å². The number of hydrogen-bond acceptors (Lipinski definition) is 4. The molecule has 1 aliphatic rings. The molecule has 172 valence electrons. The molecule has 1 N–H and O–H groups in total. The van der Waals surface area contributed by atoms with Gasteiger partial charge in [0, 0.05) is 37.9 Å². The van der Waals surface area contributed by atoms with Crippen LogP contribution in [0.2, 0.25) is 0 Å². The largest absolute Gasteiger partial charge is 0.367 e. The second-order valence-corrected chi connectivity index (χ2v) is 8.75. The van der Waals surface area contributed by atoms with E-state index in [0.717, 1.165) is 54.4 Å². The lowest BCUT2D eigenvalue weighted by Crippen LogP contribution is -2.44. The number of carbonyl (C=O) groups excluding carboxylic acids is 1. The van der Waals surface area contributed by atoms with Crippen molar-refractivity contribution in [1.29, 1.82) is 0 Å². The molecule has 1 aliphatic heterocycles. The second-order valence-electron chi connectivity index (χ2n) is 8.75. The van der Waals surface area contributed by atoms with E-state index >= 15 is 0 Å². The van der Waals surface area contributed by atoms with Crippen molar-refractivity contribution in [3.8, 4) is 16.9 Å². The Morgan fingerprint density at radius 3 is 2.29 bits per heavy atom. The number of nitrogens with zero attached hydrogens (tertiary/aromatic N) is 4. The molecule has 2 heterocycles. The molecule has 0 atom stereocenters. The van der Waals surface area contributed by atoms with Crippen molar-refractivity contribution >= 4 is 17.3 Å². The first kappa shape index (κ1) is 21.9. The number of piperazine rings is 1. The van der Waals surface area contributed by atoms with Crippen LogP contribution in [-0.4, -0.2) is 53.8 Å². The third-order valence-electron chi connectivity index (χ3n) is 6.38. The van der Waals surface area contributed by atoms with Crippen molar-refractivity contribution in [2.75, 3.05) is 43.4 Å². The van der Waals surface area contributed by atoms with Crippen molar-refractivity contribution in [2.45, 2.75) is 6.92 Å². The topological polar surface area (TPSA) is 53.4 Å². The third-order valence-corrected chi connectivity index (χ3v) is 6.38. The molecule has 1 saturated heterocycles. The Balaban J connectivity index is 1.51. The smallest absolute Gasteiger partial charge is 0.259 e. The highest BCUT2D eigenvalue weighted by molar-refractivity contribution is 6.09. The average Bonchev–Trinajstić information content (AvgIpc) is 3.31. The Kier molecular flexibility index (Phi) is 6.14. The van der Waals surface area contributed by atoms with Gasteiger partial charge in [0.05, 0.1) is 22.6 Å². The number of amides is 1. The predicted molar refractivity (Wildman–Crippen MR) is 138 cm³/mol. The predicted octanol–water partition coefficient (Wildman–Crippen LogP) is 4.85. The highest BCUT2D eigenvalue weighted by Crippen LogP contribution is 2.30. The van der Waals surface area contributed by atoms with E-state index in [4.69, 9.17) is 5.10 Å². The quantitative estimate of drug-likeness (QED) is 0.471. The molecule has 0 unspecified atom stereocenters. The zero-order valence-corrected chi connectivity index (χ0v) is 19.6. The lowest BCUT2D eigenvalue weighted by atomic mass is 10.0. The fourth-order valence-corrected chi connectivity index (χ4v) is 4.38. The summed E-state index contributed by atoms with van der Waals surface area (Å²) in [4.78, 5) is 18.3. The number of aryl methyl sites for hydroxylation is 1. The number of carbonyl (C=O) groups is 1. The first-order chi connectivity index (χ1) is 16.6. The summed E-state index contributed by atoms with van der Waals surface area (Å²) in [5.74, 6) is -0.165. The number of hydrogen-bond donors (Lipinski definition) is 1. The van der Waals surface area contributed by atoms with Crippen LogP contribution in [0.4, 0.5) is 11.4 Å². The highest BCUT2D eigenvalue weighted by Gasteiger charge is 2.22. The fraction of sp³-hybridized carbons (Fsp3) is 0.214. The third kappa shape index (κ3) is 4.45. The van der Waals surface area contributed by atoms with E-state index in [0.29, 0.717) is 11.3 Å². The monoisotopic (exact) mass is 451 g/mol. The summed E-state index contributed by atoms with van der Waals surface area (Å²) in [5, 5.41) is 8.02. The standard InChI is InChI=1S/C28H29N5O/c1-21-10-6-7-13-23(21)27-24(20-33(30-27)22-11-4-3-5-12-22)28(34)29-25-14-8-9-15-26(25)32-18-16-31(2)17-19-32/h3-15,20H,16-19H2,1-2H3,(H,29,34). The van der Waals surface area contributed by atoms with Gasteiger partial charge < -0.3 is 15.1 Å². The van der Waals surface area contributed by atoms with Crippen molar-refractivity contribution in [1.82, 2.24) is 14.7 Å². The zero-order valence-electron chi connectivity index (χ0n) is 19.6. The molecule has 5 rings (SSSR count). The minimum atomic E-state index is -0.165. The summed E-state index contributed by atoms with van der Waals surface area (Å²) in [5.41, 5.74) is 6.04. The Morgan fingerprint density at radius 1 is 0.853 bits per heavy atom. The van der Waals surface area contributed by atoms with Gasteiger partial charge in [-0.05, 0) is 43.8 Å². The second kappa shape index (κ2) is 9.53. The molecule has 3 aromatic carbocycles. The SMILES string of the molecule is Cc1ccccc1-c1nn(-c2ccccc2)cc1C(=O)Nc1ccccc1N1CCN(C)CC1. The first-order valence-corrected chi connectivity index (χ1v) is 11.6. The van der Waals surface area contributed by atoms with Crippen LogP contribution in [-0.2, 0) is 0 Å². The molecule has 1 aromatic heterocycles. The maximum absolute atomic E-state index is 13.7. The Labute approximate surface area is 200 Å². The summed E-state index contributed by atoms with van der Waals surface area (Å²) in [6.07, 6.45) is 1.82. The van der Waals surface area contributed by atoms with Crippen LogP contribution in [0, 0.1) is 6.92 Å². The van der Waals surface area contributed by atoms with E-state index in [1.165, 1.54) is 0 Å². The van der Waals surface area contributed by atoms with Gasteiger partial charge in [0.15, 0.2) is 0 Å². The van der Waals surface area contributed by atoms with Crippen LogP contribution in [0.15, 0.2) is 85.1 Å². The van der Waals surface area contributed by atoms with E-state index in [1.807, 2.05) is 85.9 Å². The summed E-state index contributed by atoms with van der Waals surface area (Å²) < 4.78 is 1.78. The van der Waals surface area contributed by atoms with E-state index in [1.54, 1.807) is 4.68 Å². The first-order valence-electron chi connectivity index (χ1n) is 11.6. The maximum Gasteiger partial charge on any atom is 0.259 e. The summed E-state index contributed by atoms with van der Waals surface area (Å²) in [7, 11) is 2.14. The number of benzene rings is 3. The maximum atomic E-state index is 13.7. The van der Waals surface area contributed by atoms with Gasteiger partial charge in [0.2, 0.25) is 0 Å². The van der Waals surface area contributed by atoms with Crippen LogP contribution in [0.1, 0.15) is 15.9 Å². The minimum absolute atomic E-state index is 0.165. The molecule has 6 nitrogen and oxygen atoms in total. The molecule has 1 amide bonds. The van der Waals surface area contributed by atoms with Crippen molar-refractivity contribution in [3.63, 3.8) is 0 Å². The summed E-state index contributed by atoms with van der Waals surface area (Å²) in [6, 6.07) is 26.0. The Bertz CT molecular complexity index is 1290. The van der Waals surface area contributed by atoms with E-state index in [9.17, 15) is 4.79 Å². The Hall–Kier alpha value is -3.90. The molecule has 0 aliphatic carbocycles. The molecule has 4 aromatic rings. The van der Waals surface area contributed by atoms with Gasteiger partial charge in [-0.15, -0.1) is 0 Å². The summed E-state index contributed by atoms with van der Waals surface area (Å²) in [6.45, 7) is 5.92. The molecule has 0 spiro atoms. The molecule has 6 heteroatoms. The van der Waals surface area contributed by atoms with E-state index < -0.39 is 0 Å². The number of aromatic nitrogens is 2. The van der Waals surface area contributed by atoms with Crippen molar-refractivity contribution < 1.29 is 4.79 Å². The fourth-order valence-electron chi connectivity index (χ4n) is 4.38. The number of nitrogens with one attached hydrogen (secondary N) is 1. The number of likely N-dealkylation sites (N-methyl/N-ethyl adjacent to an activating group) is 1. The minimum Gasteiger partial charge on any atom is -0.367 e. The molecule has 34 heavy (non-hydrogen) atoms. The molecule has 0 saturated carbocycles. The molecule has 0 bridgehead atoms. The number of para-hydroxylation sites is 3. The molecular formula is C28H29N5O.